The minimum absolute atomic E-state index is 0.0489. The number of benzene rings is 2. The first-order valence-corrected chi connectivity index (χ1v) is 15.3. The average molecular weight is 612 g/mol. The van der Waals surface area contributed by atoms with Gasteiger partial charge in [0.05, 0.1) is 27.8 Å². The van der Waals surface area contributed by atoms with Crippen molar-refractivity contribution in [2.75, 3.05) is 6.54 Å². The summed E-state index contributed by atoms with van der Waals surface area (Å²) in [5.41, 5.74) is -13.2. The van der Waals surface area contributed by atoms with Gasteiger partial charge in [0.15, 0.2) is 8.32 Å². The summed E-state index contributed by atoms with van der Waals surface area (Å²) in [4.78, 5) is 0. The van der Waals surface area contributed by atoms with Gasteiger partial charge in [-0.1, -0.05) is 0 Å². The first kappa shape index (κ1) is 32.3. The van der Waals surface area contributed by atoms with Crippen molar-refractivity contribution >= 4 is 8.32 Å². The Labute approximate surface area is 222 Å². The van der Waals surface area contributed by atoms with Crippen LogP contribution in [0.1, 0.15) is 53.1 Å². The predicted octanol–water partition coefficient (Wildman–Crippen LogP) is 9.00. The molecule has 2 aromatic carbocycles. The van der Waals surface area contributed by atoms with E-state index in [0.29, 0.717) is 24.3 Å². The first-order valence-electron chi connectivity index (χ1n) is 11.8. The number of rotatable bonds is 5. The molecule has 1 aliphatic heterocycles. The standard InChI is InChI=1S/C25H25F12NOSi/c1-20(6-5-7-38-20)21(39-40(2,3)4,14-8-16(22(26,27)28)12-17(9-14)23(29,30)31)15-10-18(24(32,33)34)13-19(11-15)25(35,36)37/h8-13,38H,5-7H2,1-4H3. The summed E-state index contributed by atoms with van der Waals surface area (Å²) in [7, 11) is -3.19. The van der Waals surface area contributed by atoms with Gasteiger partial charge in [0, 0.05) is 0 Å². The molecule has 2 nitrogen and oxygen atoms in total. The molecule has 0 saturated carbocycles. The van der Waals surface area contributed by atoms with Gasteiger partial charge in [-0.2, -0.15) is 52.7 Å². The molecule has 1 fully saturated rings. The van der Waals surface area contributed by atoms with E-state index in [-0.39, 0.29) is 31.5 Å². The molecule has 15 heteroatoms. The van der Waals surface area contributed by atoms with Gasteiger partial charge in [-0.3, -0.25) is 0 Å². The van der Waals surface area contributed by atoms with E-state index in [1.165, 1.54) is 26.6 Å². The Morgan fingerprint density at radius 1 is 0.600 bits per heavy atom. The van der Waals surface area contributed by atoms with Crippen LogP contribution in [0.15, 0.2) is 36.4 Å². The second-order valence-electron chi connectivity index (χ2n) is 10.8. The zero-order valence-corrected chi connectivity index (χ0v) is 22.5. The topological polar surface area (TPSA) is 21.3 Å². The molecule has 40 heavy (non-hydrogen) atoms. The van der Waals surface area contributed by atoms with E-state index in [4.69, 9.17) is 4.43 Å². The summed E-state index contributed by atoms with van der Waals surface area (Å²) < 4.78 is 173. The Hall–Kier alpha value is -2.26. The highest BCUT2D eigenvalue weighted by molar-refractivity contribution is 6.69. The average Bonchev–Trinajstić information content (AvgIpc) is 3.21. The molecule has 0 amide bonds. The van der Waals surface area contributed by atoms with Crippen LogP contribution < -0.4 is 5.32 Å². The van der Waals surface area contributed by atoms with Crippen molar-refractivity contribution in [3.8, 4) is 0 Å². The van der Waals surface area contributed by atoms with Gasteiger partial charge in [-0.05, 0) is 93.5 Å². The lowest BCUT2D eigenvalue weighted by atomic mass is 9.69. The Balaban J connectivity index is 2.63. The number of hydrogen-bond acceptors (Lipinski definition) is 2. The van der Waals surface area contributed by atoms with E-state index in [9.17, 15) is 52.7 Å². The van der Waals surface area contributed by atoms with Crippen molar-refractivity contribution in [3.05, 3.63) is 69.8 Å². The lowest BCUT2D eigenvalue weighted by molar-refractivity contribution is -0.144. The Bertz CT molecular complexity index is 1090. The van der Waals surface area contributed by atoms with Crippen LogP contribution in [0.3, 0.4) is 0 Å². The van der Waals surface area contributed by atoms with Gasteiger partial charge >= 0.3 is 24.7 Å². The molecule has 0 radical (unpaired) electrons. The predicted molar refractivity (Wildman–Crippen MR) is 124 cm³/mol. The normalized spacial score (nSPS) is 19.8. The number of halogens is 12. The smallest absolute Gasteiger partial charge is 0.402 e. The molecule has 0 aliphatic carbocycles. The fraction of sp³-hybridized carbons (Fsp3) is 0.520. The van der Waals surface area contributed by atoms with Gasteiger partial charge in [0.1, 0.15) is 5.60 Å². The quantitative estimate of drug-likeness (QED) is 0.269. The molecule has 224 valence electrons. The second-order valence-corrected chi connectivity index (χ2v) is 15.3. The van der Waals surface area contributed by atoms with Crippen molar-refractivity contribution in [1.82, 2.24) is 5.32 Å². The highest BCUT2D eigenvalue weighted by atomic mass is 28.4. The van der Waals surface area contributed by atoms with Gasteiger partial charge < -0.3 is 9.74 Å². The highest BCUT2D eigenvalue weighted by Crippen LogP contribution is 2.52. The molecule has 1 heterocycles. The summed E-state index contributed by atoms with van der Waals surface area (Å²) in [5.74, 6) is 0. The zero-order chi connectivity index (χ0) is 30.7. The van der Waals surface area contributed by atoms with E-state index in [1.54, 1.807) is 0 Å². The lowest BCUT2D eigenvalue weighted by Crippen LogP contribution is -2.61. The van der Waals surface area contributed by atoms with Crippen LogP contribution in [-0.2, 0) is 34.7 Å². The molecule has 0 aromatic heterocycles. The van der Waals surface area contributed by atoms with Crippen LogP contribution in [0.25, 0.3) is 0 Å². The third-order valence-electron chi connectivity index (χ3n) is 6.59. The van der Waals surface area contributed by atoms with Gasteiger partial charge in [-0.15, -0.1) is 0 Å². The summed E-state index contributed by atoms with van der Waals surface area (Å²) in [5, 5.41) is 2.90. The van der Waals surface area contributed by atoms with Crippen LogP contribution >= 0.6 is 0 Å². The molecule has 2 aromatic rings. The second kappa shape index (κ2) is 9.93. The Morgan fingerprint density at radius 3 is 1.12 bits per heavy atom. The summed E-state index contributed by atoms with van der Waals surface area (Å²) >= 11 is 0. The fourth-order valence-electron chi connectivity index (χ4n) is 5.01. The van der Waals surface area contributed by atoms with Crippen molar-refractivity contribution < 1.29 is 57.1 Å². The largest absolute Gasteiger partial charge is 0.416 e. The third kappa shape index (κ3) is 6.45. The number of nitrogens with one attached hydrogen (secondary N) is 1. The zero-order valence-electron chi connectivity index (χ0n) is 21.5. The SMILES string of the molecule is CC1(C(O[Si](C)(C)C)(c2cc(C(F)(F)F)cc(C(F)(F)F)c2)c2cc(C(F)(F)F)cc(C(F)(F)F)c2)CCCN1. The molecule has 1 unspecified atom stereocenters. The number of hydrogen-bond donors (Lipinski definition) is 1. The summed E-state index contributed by atoms with van der Waals surface area (Å²) in [6, 6.07) is 0.867. The number of alkyl halides is 12. The van der Waals surface area contributed by atoms with Crippen molar-refractivity contribution in [3.63, 3.8) is 0 Å². The molecule has 3 rings (SSSR count). The molecular weight excluding hydrogens is 586 g/mol. The molecule has 0 spiro atoms. The van der Waals surface area contributed by atoms with Crippen LogP contribution in [0, 0.1) is 0 Å². The van der Waals surface area contributed by atoms with E-state index in [1.807, 2.05) is 0 Å². The Kier molecular flexibility index (Phi) is 8.01. The minimum Gasteiger partial charge on any atom is -0.402 e. The van der Waals surface area contributed by atoms with E-state index >= 15 is 0 Å². The van der Waals surface area contributed by atoms with E-state index < -0.39 is 77.5 Å². The highest BCUT2D eigenvalue weighted by Gasteiger charge is 2.57. The van der Waals surface area contributed by atoms with Crippen LogP contribution in [0.5, 0.6) is 0 Å². The maximum atomic E-state index is 13.9. The van der Waals surface area contributed by atoms with Crippen LogP contribution in [0.4, 0.5) is 52.7 Å². The van der Waals surface area contributed by atoms with Gasteiger partial charge in [0.25, 0.3) is 0 Å². The monoisotopic (exact) mass is 611 g/mol. The van der Waals surface area contributed by atoms with Gasteiger partial charge in [0.2, 0.25) is 0 Å². The Morgan fingerprint density at radius 2 is 0.900 bits per heavy atom. The fourth-order valence-corrected chi connectivity index (χ4v) is 6.38. The molecular formula is C25H25F12NOSi. The van der Waals surface area contributed by atoms with Crippen molar-refractivity contribution in [1.29, 1.82) is 0 Å². The van der Waals surface area contributed by atoms with E-state index in [0.717, 1.165) is 0 Å². The molecule has 1 saturated heterocycles. The van der Waals surface area contributed by atoms with Crippen LogP contribution in [0.2, 0.25) is 19.6 Å². The minimum atomic E-state index is -5.34. The first-order chi connectivity index (χ1) is 17.8. The molecule has 1 atom stereocenters. The molecule has 1 aliphatic rings. The maximum absolute atomic E-state index is 13.9. The van der Waals surface area contributed by atoms with Crippen molar-refractivity contribution in [2.45, 2.75) is 75.3 Å². The lowest BCUT2D eigenvalue weighted by Gasteiger charge is -2.51. The third-order valence-corrected chi connectivity index (χ3v) is 7.51. The molecule has 0 bridgehead atoms. The van der Waals surface area contributed by atoms with E-state index in [2.05, 4.69) is 5.32 Å². The van der Waals surface area contributed by atoms with Crippen LogP contribution in [-0.4, -0.2) is 20.4 Å². The maximum Gasteiger partial charge on any atom is 0.416 e. The van der Waals surface area contributed by atoms with Gasteiger partial charge in [-0.25, -0.2) is 0 Å². The summed E-state index contributed by atoms with van der Waals surface area (Å²) in [6.45, 7) is 5.84. The van der Waals surface area contributed by atoms with Crippen molar-refractivity contribution in [2.24, 2.45) is 0 Å². The molecule has 1 N–H and O–H groups in total. The summed E-state index contributed by atoms with van der Waals surface area (Å²) in [6.07, 6.45) is -21.1.